The normalized spacial score (nSPS) is 11.7. The Hall–Kier alpha value is -7.02. The van der Waals surface area contributed by atoms with Gasteiger partial charge in [0.05, 0.1) is 0 Å². The third-order valence-corrected chi connectivity index (χ3v) is 11.8. The molecule has 0 aromatic heterocycles. The molecule has 0 nitrogen and oxygen atoms in total. The largest absolute Gasteiger partial charge is 0.0622 e. The molecule has 0 aliphatic rings. The molecule has 10 rings (SSSR count). The summed E-state index contributed by atoms with van der Waals surface area (Å²) in [4.78, 5) is 0. The molecular formula is C58H44. The average molecular weight is 741 g/mol. The summed E-state index contributed by atoms with van der Waals surface area (Å²) in [6, 6.07) is 78.2. The standard InChI is InChI=1S/C58H44/c1-58(2,3)47-36-45-32-34-50-52(38-53(51-35-33-46(37-47)56(45)57(50)51)49-27-17-16-26-48(49)39-18-8-4-9-19-39)40-28-30-44(31-29-40)55(43-24-14-7-15-25-43)54(41-20-10-5-11-21-41)42-22-12-6-13-23-42/h4-38H,1-3H3. The second-order valence-corrected chi connectivity index (χ2v) is 16.5. The third kappa shape index (κ3) is 6.28. The quantitative estimate of drug-likeness (QED) is 0.113. The summed E-state index contributed by atoms with van der Waals surface area (Å²) in [5.74, 6) is 0. The van der Waals surface area contributed by atoms with Crippen LogP contribution in [-0.2, 0) is 5.41 Å². The van der Waals surface area contributed by atoms with Gasteiger partial charge in [0.25, 0.3) is 0 Å². The van der Waals surface area contributed by atoms with Crippen molar-refractivity contribution >= 4 is 43.5 Å². The summed E-state index contributed by atoms with van der Waals surface area (Å²) in [7, 11) is 0. The van der Waals surface area contributed by atoms with E-state index in [1.54, 1.807) is 0 Å². The maximum absolute atomic E-state index is 2.45. The Bertz CT molecular complexity index is 3010. The van der Waals surface area contributed by atoms with Crippen molar-refractivity contribution in [2.75, 3.05) is 0 Å². The molecule has 10 aromatic carbocycles. The molecule has 0 unspecified atom stereocenters. The Morgan fingerprint density at radius 2 is 0.724 bits per heavy atom. The predicted octanol–water partition coefficient (Wildman–Crippen LogP) is 15.9. The van der Waals surface area contributed by atoms with Gasteiger partial charge >= 0.3 is 0 Å². The molecule has 0 saturated heterocycles. The summed E-state index contributed by atoms with van der Waals surface area (Å²) in [6.07, 6.45) is 0. The lowest BCUT2D eigenvalue weighted by molar-refractivity contribution is 0.591. The molecule has 0 spiro atoms. The highest BCUT2D eigenvalue weighted by molar-refractivity contribution is 6.28. The van der Waals surface area contributed by atoms with Crippen LogP contribution in [0.4, 0.5) is 0 Å². The Morgan fingerprint density at radius 3 is 1.22 bits per heavy atom. The summed E-state index contributed by atoms with van der Waals surface area (Å²) in [5.41, 5.74) is 16.0. The van der Waals surface area contributed by atoms with E-state index < -0.39 is 0 Å². The third-order valence-electron chi connectivity index (χ3n) is 11.8. The minimum absolute atomic E-state index is 0.0467. The van der Waals surface area contributed by atoms with Gasteiger partial charge in [-0.1, -0.05) is 227 Å². The molecular weight excluding hydrogens is 697 g/mol. The van der Waals surface area contributed by atoms with E-state index in [4.69, 9.17) is 0 Å². The highest BCUT2D eigenvalue weighted by Gasteiger charge is 2.22. The number of hydrogen-bond donors (Lipinski definition) is 0. The molecule has 276 valence electrons. The minimum Gasteiger partial charge on any atom is -0.0622 e. The summed E-state index contributed by atoms with van der Waals surface area (Å²) < 4.78 is 0. The molecule has 0 radical (unpaired) electrons. The molecule has 0 atom stereocenters. The predicted molar refractivity (Wildman–Crippen MR) is 249 cm³/mol. The van der Waals surface area contributed by atoms with Crippen LogP contribution >= 0.6 is 0 Å². The fourth-order valence-electron chi connectivity index (χ4n) is 8.94. The SMILES string of the molecule is CC(C)(C)c1cc2ccc3c(-c4ccc(C(=C(c5ccccc5)c5ccccc5)c5ccccc5)cc4)cc(-c4ccccc4-c4ccccc4)c4ccc(c1)c2c34. The highest BCUT2D eigenvalue weighted by atomic mass is 14.3. The van der Waals surface area contributed by atoms with Crippen molar-refractivity contribution in [3.8, 4) is 33.4 Å². The number of benzene rings is 10. The summed E-state index contributed by atoms with van der Waals surface area (Å²) in [6.45, 7) is 6.92. The lowest BCUT2D eigenvalue weighted by atomic mass is 9.81. The molecule has 0 bridgehead atoms. The van der Waals surface area contributed by atoms with Gasteiger partial charge in [-0.3, -0.25) is 0 Å². The molecule has 0 amide bonds. The van der Waals surface area contributed by atoms with Crippen molar-refractivity contribution in [3.05, 3.63) is 240 Å². The van der Waals surface area contributed by atoms with Crippen molar-refractivity contribution < 1.29 is 0 Å². The van der Waals surface area contributed by atoms with E-state index in [1.807, 2.05) is 0 Å². The lowest BCUT2D eigenvalue weighted by Crippen LogP contribution is -2.10. The molecule has 0 heterocycles. The minimum atomic E-state index is 0.0467. The van der Waals surface area contributed by atoms with Crippen LogP contribution in [0.2, 0.25) is 0 Å². The molecule has 0 saturated carbocycles. The Labute approximate surface area is 341 Å². The second-order valence-electron chi connectivity index (χ2n) is 16.5. The lowest BCUT2D eigenvalue weighted by Gasteiger charge is -2.23. The van der Waals surface area contributed by atoms with E-state index in [-0.39, 0.29) is 5.41 Å². The highest BCUT2D eigenvalue weighted by Crippen LogP contribution is 2.47. The zero-order valence-electron chi connectivity index (χ0n) is 33.2. The van der Waals surface area contributed by atoms with Gasteiger partial charge in [0.1, 0.15) is 0 Å². The van der Waals surface area contributed by atoms with Crippen LogP contribution in [0.1, 0.15) is 48.6 Å². The van der Waals surface area contributed by atoms with Gasteiger partial charge in [-0.2, -0.15) is 0 Å². The van der Waals surface area contributed by atoms with E-state index in [1.165, 1.54) is 105 Å². The molecule has 0 aliphatic carbocycles. The van der Waals surface area contributed by atoms with Gasteiger partial charge in [-0.05, 0) is 116 Å². The average Bonchev–Trinajstić information content (AvgIpc) is 3.28. The Morgan fingerprint density at radius 1 is 0.310 bits per heavy atom. The van der Waals surface area contributed by atoms with Crippen LogP contribution in [0.25, 0.3) is 76.8 Å². The van der Waals surface area contributed by atoms with Crippen LogP contribution < -0.4 is 0 Å². The topological polar surface area (TPSA) is 0 Å². The van der Waals surface area contributed by atoms with E-state index in [2.05, 4.69) is 233 Å². The monoisotopic (exact) mass is 740 g/mol. The number of rotatable bonds is 7. The Kier molecular flexibility index (Phi) is 8.84. The molecule has 10 aromatic rings. The molecule has 0 N–H and O–H groups in total. The van der Waals surface area contributed by atoms with Crippen molar-refractivity contribution in [3.63, 3.8) is 0 Å². The van der Waals surface area contributed by atoms with Gasteiger partial charge in [0.15, 0.2) is 0 Å². The van der Waals surface area contributed by atoms with Gasteiger partial charge in [-0.25, -0.2) is 0 Å². The molecule has 58 heavy (non-hydrogen) atoms. The van der Waals surface area contributed by atoms with Gasteiger partial charge < -0.3 is 0 Å². The first-order chi connectivity index (χ1) is 28.4. The Balaban J connectivity index is 1.24. The first-order valence-corrected chi connectivity index (χ1v) is 20.3. The van der Waals surface area contributed by atoms with Gasteiger partial charge in [-0.15, -0.1) is 0 Å². The van der Waals surface area contributed by atoms with E-state index >= 15 is 0 Å². The first-order valence-electron chi connectivity index (χ1n) is 20.3. The maximum atomic E-state index is 2.45. The van der Waals surface area contributed by atoms with Crippen molar-refractivity contribution in [1.29, 1.82) is 0 Å². The number of hydrogen-bond acceptors (Lipinski definition) is 0. The molecule has 0 fully saturated rings. The van der Waals surface area contributed by atoms with E-state index in [9.17, 15) is 0 Å². The molecule has 0 heteroatoms. The zero-order valence-corrected chi connectivity index (χ0v) is 33.2. The van der Waals surface area contributed by atoms with Crippen LogP contribution in [0.5, 0.6) is 0 Å². The zero-order chi connectivity index (χ0) is 39.2. The molecule has 0 aliphatic heterocycles. The van der Waals surface area contributed by atoms with Crippen molar-refractivity contribution in [2.45, 2.75) is 26.2 Å². The second kappa shape index (κ2) is 14.5. The van der Waals surface area contributed by atoms with Crippen LogP contribution in [-0.4, -0.2) is 0 Å². The summed E-state index contributed by atoms with van der Waals surface area (Å²) >= 11 is 0. The van der Waals surface area contributed by atoms with Crippen molar-refractivity contribution in [1.82, 2.24) is 0 Å². The smallest absolute Gasteiger partial charge is 0.00143 e. The van der Waals surface area contributed by atoms with Crippen LogP contribution in [0.3, 0.4) is 0 Å². The van der Waals surface area contributed by atoms with Gasteiger partial charge in [0, 0.05) is 0 Å². The fraction of sp³-hybridized carbons (Fsp3) is 0.0690. The van der Waals surface area contributed by atoms with Crippen molar-refractivity contribution in [2.24, 2.45) is 0 Å². The maximum Gasteiger partial charge on any atom is -0.00143 e. The van der Waals surface area contributed by atoms with E-state index in [0.717, 1.165) is 0 Å². The first kappa shape index (κ1) is 35.4. The van der Waals surface area contributed by atoms with Crippen LogP contribution in [0.15, 0.2) is 212 Å². The van der Waals surface area contributed by atoms with E-state index in [0.29, 0.717) is 0 Å². The van der Waals surface area contributed by atoms with Crippen LogP contribution in [0, 0.1) is 0 Å². The van der Waals surface area contributed by atoms with Gasteiger partial charge in [0.2, 0.25) is 0 Å². The fourth-order valence-corrected chi connectivity index (χ4v) is 8.94. The summed E-state index contributed by atoms with van der Waals surface area (Å²) in [5, 5.41) is 7.81.